The van der Waals surface area contributed by atoms with Crippen LogP contribution >= 0.6 is 0 Å². The number of hydrogen-bond donors (Lipinski definition) is 0. The average molecular weight is 308 g/mol. The molecule has 1 atom stereocenters. The third-order valence-corrected chi connectivity index (χ3v) is 3.23. The van der Waals surface area contributed by atoms with E-state index in [2.05, 4.69) is 10.9 Å². The Kier molecular flexibility index (Phi) is 6.48. The molecule has 0 N–H and O–H groups in total. The Bertz CT molecular complexity index is 584. The first-order valence-corrected chi connectivity index (χ1v) is 7.33. The van der Waals surface area contributed by atoms with Crippen LogP contribution < -0.4 is 0 Å². The van der Waals surface area contributed by atoms with Crippen LogP contribution in [0.3, 0.4) is 0 Å². The van der Waals surface area contributed by atoms with E-state index >= 15 is 0 Å². The molecule has 114 valence electrons. The maximum atomic E-state index is 12.2. The Morgan fingerprint density at radius 3 is 2.76 bits per heavy atom. The van der Waals surface area contributed by atoms with Gasteiger partial charge in [0.25, 0.3) is 5.91 Å². The van der Waals surface area contributed by atoms with Gasteiger partial charge in [-0.1, -0.05) is 36.5 Å². The van der Waals surface area contributed by atoms with Gasteiger partial charge in [-0.3, -0.25) is 4.79 Å². The molecule has 0 spiro atoms. The van der Waals surface area contributed by atoms with Crippen molar-refractivity contribution in [3.05, 3.63) is 59.3 Å². The van der Waals surface area contributed by atoms with Crippen molar-refractivity contribution in [1.29, 1.82) is 0 Å². The lowest BCUT2D eigenvalue weighted by atomic mass is 9.97. The van der Waals surface area contributed by atoms with Gasteiger partial charge in [-0.05, 0) is 38.0 Å². The zero-order valence-electron chi connectivity index (χ0n) is 12.3. The van der Waals surface area contributed by atoms with Crippen LogP contribution in [0.25, 0.3) is 0 Å². The van der Waals surface area contributed by atoms with Gasteiger partial charge >= 0.3 is 0 Å². The fourth-order valence-electron chi connectivity index (χ4n) is 1.79. The van der Waals surface area contributed by atoms with Crippen molar-refractivity contribution in [3.8, 4) is 0 Å². The maximum Gasteiger partial charge on any atom is 0.279 e. The highest BCUT2D eigenvalue weighted by Crippen LogP contribution is 2.24. The highest BCUT2D eigenvalue weighted by atomic mass is 32.2. The van der Waals surface area contributed by atoms with Crippen LogP contribution in [0.4, 0.5) is 0 Å². The van der Waals surface area contributed by atoms with Crippen LogP contribution in [0.1, 0.15) is 20.8 Å². The summed E-state index contributed by atoms with van der Waals surface area (Å²) in [5.41, 5.74) is 2.75. The summed E-state index contributed by atoms with van der Waals surface area (Å²) < 4.78 is 25.6. The minimum atomic E-state index is -2.79. The number of hydrogen-bond acceptors (Lipinski definition) is 4. The van der Waals surface area contributed by atoms with Gasteiger partial charge in [-0.2, -0.15) is 9.35 Å². The number of amides is 1. The lowest BCUT2D eigenvalue weighted by molar-refractivity contribution is -0.150. The molecule has 0 aliphatic carbocycles. The van der Waals surface area contributed by atoms with Gasteiger partial charge in [-0.15, -0.1) is 0 Å². The van der Waals surface area contributed by atoms with E-state index in [0.717, 1.165) is 16.2 Å². The fraction of sp³-hybridized carbons (Fsp3) is 0.267. The van der Waals surface area contributed by atoms with Gasteiger partial charge in [0.1, 0.15) is 11.4 Å². The predicted octanol–water partition coefficient (Wildman–Crippen LogP) is 2.51. The Morgan fingerprint density at radius 1 is 1.52 bits per heavy atom. The molecule has 0 saturated carbocycles. The molecule has 0 aromatic carbocycles. The molecule has 1 aliphatic rings. The fourth-order valence-corrected chi connectivity index (χ4v) is 2.06. The first-order valence-electron chi connectivity index (χ1n) is 6.33. The molecule has 1 aliphatic heterocycles. The van der Waals surface area contributed by atoms with Gasteiger partial charge < -0.3 is 4.55 Å². The summed E-state index contributed by atoms with van der Waals surface area (Å²) >= 11 is -2.79. The Labute approximate surface area is 127 Å². The second-order valence-corrected chi connectivity index (χ2v) is 5.09. The molecule has 0 aromatic rings. The van der Waals surface area contributed by atoms with Crippen molar-refractivity contribution < 1.29 is 17.8 Å². The smallest absolute Gasteiger partial charge is 0.279 e. The van der Waals surface area contributed by atoms with E-state index in [9.17, 15) is 13.6 Å². The third-order valence-electron chi connectivity index (χ3n) is 2.93. The van der Waals surface area contributed by atoms with Crippen molar-refractivity contribution in [2.24, 2.45) is 0 Å². The summed E-state index contributed by atoms with van der Waals surface area (Å²) in [6.07, 6.45) is 9.05. The van der Waals surface area contributed by atoms with E-state index in [4.69, 9.17) is 0 Å². The van der Waals surface area contributed by atoms with Gasteiger partial charge in [-0.25, -0.2) is 4.21 Å². The van der Waals surface area contributed by atoms with Crippen LogP contribution in [0.5, 0.6) is 0 Å². The standard InChI is InChI=1S/C15H19NO4S/c1-5-7-11(2)8-6-9-14-13(4)12(3)10-16(15(14)17)20-21(18)19/h5-9H,3,10H2,1-2,4H3,(H,18,19)/p-1/b7-5-,9-6-,11-8+. The molecule has 1 rings (SSSR count). The second-order valence-electron chi connectivity index (χ2n) is 4.53. The Balaban J connectivity index is 3.02. The highest BCUT2D eigenvalue weighted by Gasteiger charge is 2.27. The molecular weight excluding hydrogens is 290 g/mol. The van der Waals surface area contributed by atoms with Gasteiger partial charge in [0.05, 0.1) is 6.54 Å². The molecule has 0 bridgehead atoms. The zero-order chi connectivity index (χ0) is 16.0. The second kappa shape index (κ2) is 7.87. The van der Waals surface area contributed by atoms with E-state index in [1.165, 1.54) is 0 Å². The van der Waals surface area contributed by atoms with Gasteiger partial charge in [0, 0.05) is 5.57 Å². The minimum Gasteiger partial charge on any atom is -0.748 e. The van der Waals surface area contributed by atoms with Crippen molar-refractivity contribution >= 4 is 17.3 Å². The summed E-state index contributed by atoms with van der Waals surface area (Å²) in [5, 5.41) is 0.778. The van der Waals surface area contributed by atoms with Crippen molar-refractivity contribution in [2.45, 2.75) is 20.8 Å². The summed E-state index contributed by atoms with van der Waals surface area (Å²) in [6, 6.07) is 0. The molecule has 6 heteroatoms. The number of rotatable bonds is 5. The van der Waals surface area contributed by atoms with E-state index in [-0.39, 0.29) is 6.54 Å². The summed E-state index contributed by atoms with van der Waals surface area (Å²) in [7, 11) is 0. The molecule has 21 heavy (non-hydrogen) atoms. The topological polar surface area (TPSA) is 69.7 Å². The first-order chi connectivity index (χ1) is 9.86. The number of nitrogens with zero attached hydrogens (tertiary/aromatic N) is 1. The molecule has 0 radical (unpaired) electrons. The van der Waals surface area contributed by atoms with Crippen molar-refractivity contribution in [2.75, 3.05) is 6.54 Å². The average Bonchev–Trinajstić information content (AvgIpc) is 2.39. The SMILES string of the molecule is C=C1CN(OS(=O)[O-])C(=O)C(\C=C/C=C(C)/C=C\C)=C1C. The van der Waals surface area contributed by atoms with Crippen LogP contribution in [0, 0.1) is 0 Å². The molecule has 0 aromatic heterocycles. The van der Waals surface area contributed by atoms with Crippen LogP contribution in [-0.2, 0) is 20.4 Å². The van der Waals surface area contributed by atoms with Crippen LogP contribution in [0.15, 0.2) is 59.3 Å². The Hall–Kier alpha value is -1.76. The molecule has 1 amide bonds. The number of carbonyl (C=O) groups excluding carboxylic acids is 1. The maximum absolute atomic E-state index is 12.2. The van der Waals surface area contributed by atoms with Crippen molar-refractivity contribution in [1.82, 2.24) is 5.06 Å². The van der Waals surface area contributed by atoms with E-state index in [1.54, 1.807) is 19.1 Å². The van der Waals surface area contributed by atoms with Crippen LogP contribution in [-0.4, -0.2) is 26.3 Å². The van der Waals surface area contributed by atoms with E-state index in [0.29, 0.717) is 11.1 Å². The molecule has 5 nitrogen and oxygen atoms in total. The van der Waals surface area contributed by atoms with Crippen LogP contribution in [0.2, 0.25) is 0 Å². The molecule has 1 unspecified atom stereocenters. The van der Waals surface area contributed by atoms with E-state index in [1.807, 2.05) is 32.1 Å². The van der Waals surface area contributed by atoms with Gasteiger partial charge in [0.15, 0.2) is 0 Å². The highest BCUT2D eigenvalue weighted by molar-refractivity contribution is 7.74. The van der Waals surface area contributed by atoms with Gasteiger partial charge in [0.2, 0.25) is 0 Å². The first kappa shape index (κ1) is 17.3. The predicted molar refractivity (Wildman–Crippen MR) is 81.3 cm³/mol. The summed E-state index contributed by atoms with van der Waals surface area (Å²) in [4.78, 5) is 12.2. The Morgan fingerprint density at radius 2 is 2.19 bits per heavy atom. The summed E-state index contributed by atoms with van der Waals surface area (Å²) in [5.74, 6) is -0.502. The quantitative estimate of drug-likeness (QED) is 0.578. The lowest BCUT2D eigenvalue weighted by Gasteiger charge is -2.28. The summed E-state index contributed by atoms with van der Waals surface area (Å²) in [6.45, 7) is 9.47. The monoisotopic (exact) mass is 308 g/mol. The molecule has 0 fully saturated rings. The van der Waals surface area contributed by atoms with E-state index < -0.39 is 17.3 Å². The molecule has 0 saturated heterocycles. The number of allylic oxidation sites excluding steroid dienone is 5. The largest absolute Gasteiger partial charge is 0.748 e. The zero-order valence-corrected chi connectivity index (χ0v) is 13.1. The third kappa shape index (κ3) is 4.93. The number of carbonyl (C=O) groups is 1. The van der Waals surface area contributed by atoms with Crippen molar-refractivity contribution in [3.63, 3.8) is 0 Å². The normalized spacial score (nSPS) is 19.2. The lowest BCUT2D eigenvalue weighted by Crippen LogP contribution is -2.38. The molecule has 1 heterocycles. The molecular formula is C15H18NO4S-. The number of hydroxylamine groups is 2. The minimum absolute atomic E-state index is 0.0312.